The normalized spacial score (nSPS) is 23.7. The first kappa shape index (κ1) is 31.4. The molecule has 1 amide bonds. The van der Waals surface area contributed by atoms with Gasteiger partial charge in [0.05, 0.1) is 11.0 Å². The number of alkyl halides is 2. The smallest absolute Gasteiger partial charge is 0.298 e. The minimum atomic E-state index is -4.53. The molecule has 2 saturated heterocycles. The molecule has 3 atom stereocenters. The number of halogens is 3. The molecule has 2 bridgehead atoms. The van der Waals surface area contributed by atoms with Crippen molar-refractivity contribution in [2.24, 2.45) is 5.73 Å². The van der Waals surface area contributed by atoms with Crippen molar-refractivity contribution in [3.63, 3.8) is 0 Å². The van der Waals surface area contributed by atoms with E-state index in [0.29, 0.717) is 45.6 Å². The Balaban J connectivity index is 1.34. The summed E-state index contributed by atoms with van der Waals surface area (Å²) in [5, 5.41) is 1.40. The minimum Gasteiger partial charge on any atom is -0.490 e. The summed E-state index contributed by atoms with van der Waals surface area (Å²) in [7, 11) is -3.45. The van der Waals surface area contributed by atoms with Crippen LogP contribution in [-0.2, 0) is 20.7 Å². The molecule has 2 unspecified atom stereocenters. The third-order valence-corrected chi connectivity index (χ3v) is 11.9. The van der Waals surface area contributed by atoms with Gasteiger partial charge in [0.15, 0.2) is 6.04 Å². The molecule has 7 nitrogen and oxygen atoms in total. The van der Waals surface area contributed by atoms with Crippen LogP contribution >= 0.6 is 15.9 Å². The second-order valence-corrected chi connectivity index (χ2v) is 15.4. The van der Waals surface area contributed by atoms with Crippen LogP contribution in [0.4, 0.5) is 8.78 Å². The molecular weight excluding hydrogens is 652 g/mol. The maximum atomic E-state index is 16.5. The topological polar surface area (TPSA) is 92.9 Å². The standard InChI is InChI=1S/C33H38BrF2N3O4S/c1-38(44(41,42)30-16-8-21-17-29(15-7-22(21)18-30)43-28-5-3-2-4-6-28)31(33(35,36)23-9-11-24(34)12-10-23)32(40)39-26-13-14-27(39)20-25(37)19-26/h7-12,15-18,25-28,31H,2-6,13-14,19-20,37H2,1H3/t25?,26?,27?,31-/m0/s1. The summed E-state index contributed by atoms with van der Waals surface area (Å²) >= 11 is 3.26. The van der Waals surface area contributed by atoms with Gasteiger partial charge >= 0.3 is 0 Å². The number of benzene rings is 3. The van der Waals surface area contributed by atoms with Gasteiger partial charge in [0, 0.05) is 35.2 Å². The average Bonchev–Trinajstić information content (AvgIpc) is 3.28. The van der Waals surface area contributed by atoms with Crippen LogP contribution in [0.25, 0.3) is 10.8 Å². The summed E-state index contributed by atoms with van der Waals surface area (Å²) in [5.41, 5.74) is 5.75. The van der Waals surface area contributed by atoms with Crippen molar-refractivity contribution < 1.29 is 26.7 Å². The van der Waals surface area contributed by atoms with Crippen molar-refractivity contribution in [2.75, 3.05) is 7.05 Å². The lowest BCUT2D eigenvalue weighted by molar-refractivity contribution is -0.154. The molecule has 236 valence electrons. The predicted molar refractivity (Wildman–Crippen MR) is 169 cm³/mol. The van der Waals surface area contributed by atoms with E-state index in [-0.39, 0.29) is 29.1 Å². The highest BCUT2D eigenvalue weighted by atomic mass is 79.9. The number of ether oxygens (including phenoxy) is 1. The highest BCUT2D eigenvalue weighted by Gasteiger charge is 2.56. The maximum Gasteiger partial charge on any atom is 0.298 e. The van der Waals surface area contributed by atoms with E-state index in [2.05, 4.69) is 15.9 Å². The first-order valence-corrected chi connectivity index (χ1v) is 17.6. The SMILES string of the molecule is CN([C@@H](C(=O)N1C2CCC1CC(N)C2)C(F)(F)c1ccc(Br)cc1)S(=O)(=O)c1ccc2cc(OC3CCCCC3)ccc2c1. The Hall–Kier alpha value is -2.60. The van der Waals surface area contributed by atoms with Crippen LogP contribution in [0.2, 0.25) is 0 Å². The van der Waals surface area contributed by atoms with Gasteiger partial charge in [0.2, 0.25) is 15.9 Å². The number of piperidine rings is 1. The highest BCUT2D eigenvalue weighted by molar-refractivity contribution is 9.10. The fraction of sp³-hybridized carbons (Fsp3) is 0.485. The molecule has 3 aliphatic rings. The van der Waals surface area contributed by atoms with E-state index in [1.54, 1.807) is 12.1 Å². The van der Waals surface area contributed by atoms with Crippen molar-refractivity contribution in [1.82, 2.24) is 9.21 Å². The molecule has 1 aliphatic carbocycles. The van der Waals surface area contributed by atoms with Crippen LogP contribution in [0.5, 0.6) is 5.75 Å². The molecule has 6 rings (SSSR count). The molecule has 3 aromatic rings. The molecule has 44 heavy (non-hydrogen) atoms. The van der Waals surface area contributed by atoms with E-state index in [0.717, 1.165) is 38.1 Å². The Kier molecular flexibility index (Phi) is 8.78. The monoisotopic (exact) mass is 689 g/mol. The van der Waals surface area contributed by atoms with Gasteiger partial charge in [-0.1, -0.05) is 46.6 Å². The fourth-order valence-corrected chi connectivity index (χ4v) is 8.82. The number of hydrogen-bond donors (Lipinski definition) is 1. The quantitative estimate of drug-likeness (QED) is 0.289. The third kappa shape index (κ3) is 6.00. The summed E-state index contributed by atoms with van der Waals surface area (Å²) in [6.45, 7) is 0. The summed E-state index contributed by atoms with van der Waals surface area (Å²) in [5.74, 6) is -4.00. The molecule has 3 aromatic carbocycles. The Morgan fingerprint density at radius 1 is 0.955 bits per heavy atom. The van der Waals surface area contributed by atoms with Gasteiger partial charge < -0.3 is 15.4 Å². The molecule has 1 saturated carbocycles. The molecule has 2 N–H and O–H groups in total. The first-order valence-electron chi connectivity index (χ1n) is 15.4. The lowest BCUT2D eigenvalue weighted by atomic mass is 9.94. The number of rotatable bonds is 8. The van der Waals surface area contributed by atoms with Crippen molar-refractivity contribution in [2.45, 2.75) is 98.9 Å². The number of carbonyl (C=O) groups is 1. The minimum absolute atomic E-state index is 0.116. The van der Waals surface area contributed by atoms with Crippen LogP contribution in [0.1, 0.15) is 63.4 Å². The molecule has 0 aromatic heterocycles. The van der Waals surface area contributed by atoms with Crippen LogP contribution in [-0.4, -0.2) is 60.8 Å². The Morgan fingerprint density at radius 2 is 1.57 bits per heavy atom. The lowest BCUT2D eigenvalue weighted by Gasteiger charge is -2.42. The summed E-state index contributed by atoms with van der Waals surface area (Å²) in [6.07, 6.45) is 8.03. The van der Waals surface area contributed by atoms with Crippen LogP contribution in [0.15, 0.2) is 70.0 Å². The van der Waals surface area contributed by atoms with E-state index >= 15 is 8.78 Å². The average molecular weight is 691 g/mol. The third-order valence-electron chi connectivity index (χ3n) is 9.51. The van der Waals surface area contributed by atoms with E-state index in [9.17, 15) is 13.2 Å². The van der Waals surface area contributed by atoms with Gasteiger partial charge in [-0.3, -0.25) is 4.79 Å². The predicted octanol–water partition coefficient (Wildman–Crippen LogP) is 6.58. The van der Waals surface area contributed by atoms with Crippen molar-refractivity contribution in [1.29, 1.82) is 0 Å². The van der Waals surface area contributed by atoms with Gasteiger partial charge in [-0.15, -0.1) is 0 Å². The van der Waals surface area contributed by atoms with Crippen LogP contribution in [0.3, 0.4) is 0 Å². The number of sulfonamides is 1. The zero-order valence-corrected chi connectivity index (χ0v) is 27.1. The second-order valence-electron chi connectivity index (χ2n) is 12.5. The molecule has 0 spiro atoms. The van der Waals surface area contributed by atoms with Gasteiger partial charge in [-0.05, 0) is 98.5 Å². The number of hydrogen-bond acceptors (Lipinski definition) is 5. The number of likely N-dealkylation sites (N-methyl/N-ethyl adjacent to an activating group) is 1. The maximum absolute atomic E-state index is 16.5. The zero-order chi connectivity index (χ0) is 31.2. The number of nitrogens with zero attached hydrogens (tertiary/aromatic N) is 2. The molecule has 2 heterocycles. The van der Waals surface area contributed by atoms with Gasteiger partial charge in [0.1, 0.15) is 5.75 Å². The number of fused-ring (bicyclic) bond motifs is 3. The highest BCUT2D eigenvalue weighted by Crippen LogP contribution is 2.42. The first-order chi connectivity index (χ1) is 20.9. The summed E-state index contributed by atoms with van der Waals surface area (Å²) < 4.78 is 68.4. The van der Waals surface area contributed by atoms with E-state index in [1.807, 2.05) is 12.1 Å². The van der Waals surface area contributed by atoms with Crippen LogP contribution in [0, 0.1) is 0 Å². The molecular formula is C33H38BrF2N3O4S. The van der Waals surface area contributed by atoms with Crippen molar-refractivity contribution in [3.8, 4) is 5.75 Å². The largest absolute Gasteiger partial charge is 0.490 e. The summed E-state index contributed by atoms with van der Waals surface area (Å²) in [4.78, 5) is 15.5. The zero-order valence-electron chi connectivity index (χ0n) is 24.7. The number of amides is 1. The Morgan fingerprint density at radius 3 is 2.23 bits per heavy atom. The second kappa shape index (κ2) is 12.3. The van der Waals surface area contributed by atoms with Gasteiger partial charge in [-0.25, -0.2) is 8.42 Å². The van der Waals surface area contributed by atoms with E-state index < -0.39 is 33.5 Å². The molecule has 3 fully saturated rings. The number of carbonyl (C=O) groups excluding carboxylic acids is 1. The summed E-state index contributed by atoms with van der Waals surface area (Å²) in [6, 6.07) is 12.3. The molecule has 0 radical (unpaired) electrons. The van der Waals surface area contributed by atoms with Crippen molar-refractivity contribution >= 4 is 42.6 Å². The Bertz CT molecular complexity index is 1620. The van der Waals surface area contributed by atoms with Crippen molar-refractivity contribution in [3.05, 3.63) is 70.7 Å². The van der Waals surface area contributed by atoms with Gasteiger partial charge in [0.25, 0.3) is 5.92 Å². The van der Waals surface area contributed by atoms with Gasteiger partial charge in [-0.2, -0.15) is 13.1 Å². The molecule has 2 aliphatic heterocycles. The Labute approximate surface area is 265 Å². The number of nitrogens with two attached hydrogens (primary N) is 1. The fourth-order valence-electron chi connectivity index (χ4n) is 7.21. The van der Waals surface area contributed by atoms with Crippen LogP contribution < -0.4 is 10.5 Å². The molecule has 11 heteroatoms. The van der Waals surface area contributed by atoms with E-state index in [1.165, 1.54) is 47.7 Å². The van der Waals surface area contributed by atoms with E-state index in [4.69, 9.17) is 10.5 Å². The lowest BCUT2D eigenvalue weighted by Crippen LogP contribution is -2.61.